The van der Waals surface area contributed by atoms with Crippen molar-refractivity contribution in [2.24, 2.45) is 0 Å². The Morgan fingerprint density at radius 1 is 1.23 bits per heavy atom. The maximum absolute atomic E-state index is 12.9. The van der Waals surface area contributed by atoms with E-state index in [-0.39, 0.29) is 19.3 Å². The lowest BCUT2D eigenvalue weighted by atomic mass is 10.0. The summed E-state index contributed by atoms with van der Waals surface area (Å²) in [7, 11) is -3.38. The molecule has 1 aliphatic heterocycles. The first-order valence-corrected chi connectivity index (χ1v) is 14.9. The van der Waals surface area contributed by atoms with Gasteiger partial charge in [0.2, 0.25) is 0 Å². The number of likely N-dealkylation sites (N-methyl/N-ethyl adjacent to an activating group) is 1. The smallest absolute Gasteiger partial charge is 0.417 e. The standard InChI is InChI=1S/C20H29N3O7S3.C2H6/c1-4-17-18(21-5-2)9-14(3)33(27,28)19(17)31-13-32-22-20(24)29-11-15-7-6-8-16(10-15)12-30-23(25)26;1-2/h6-8,10,14,18,21H,4-5,9,11-13H2,1-3H3,(H,22,24);1-2H3. The Hall–Kier alpha value is -1.96. The van der Waals surface area contributed by atoms with E-state index in [1.165, 1.54) is 11.8 Å². The molecule has 0 aliphatic carbocycles. The van der Waals surface area contributed by atoms with E-state index in [2.05, 4.69) is 14.9 Å². The van der Waals surface area contributed by atoms with Crippen molar-refractivity contribution in [1.29, 1.82) is 0 Å². The van der Waals surface area contributed by atoms with E-state index in [1.54, 1.807) is 31.2 Å². The molecule has 10 nitrogen and oxygen atoms in total. The molecule has 0 bridgehead atoms. The monoisotopic (exact) mass is 549 g/mol. The molecule has 198 valence electrons. The first kappa shape index (κ1) is 31.1. The highest BCUT2D eigenvalue weighted by Crippen LogP contribution is 2.39. The molecule has 13 heteroatoms. The van der Waals surface area contributed by atoms with Gasteiger partial charge in [0.15, 0.2) is 9.84 Å². The van der Waals surface area contributed by atoms with Crippen LogP contribution in [0.5, 0.6) is 0 Å². The number of hydrogen-bond donors (Lipinski definition) is 2. The molecule has 0 saturated heterocycles. The van der Waals surface area contributed by atoms with Gasteiger partial charge in [-0.05, 0) is 55.0 Å². The summed E-state index contributed by atoms with van der Waals surface area (Å²) in [6.07, 6.45) is 0.529. The third kappa shape index (κ3) is 9.90. The topological polar surface area (TPSA) is 137 Å². The number of sulfone groups is 1. The summed E-state index contributed by atoms with van der Waals surface area (Å²) >= 11 is 2.27. The van der Waals surface area contributed by atoms with Crippen LogP contribution in [0.4, 0.5) is 4.79 Å². The number of carbonyl (C=O) groups excluding carboxylic acids is 1. The van der Waals surface area contributed by atoms with Crippen molar-refractivity contribution in [3.8, 4) is 0 Å². The largest absolute Gasteiger partial charge is 0.444 e. The Morgan fingerprint density at radius 3 is 2.49 bits per heavy atom. The molecular formula is C22H35N3O7S3. The molecule has 1 aliphatic rings. The first-order valence-electron chi connectivity index (χ1n) is 11.4. The number of nitrogens with zero attached hydrogens (tertiary/aromatic N) is 1. The van der Waals surface area contributed by atoms with E-state index in [9.17, 15) is 23.3 Å². The Balaban J connectivity index is 0.00000298. The van der Waals surface area contributed by atoms with Crippen LogP contribution in [0.15, 0.2) is 34.1 Å². The molecule has 2 unspecified atom stereocenters. The number of nitrogens with one attached hydrogen (secondary N) is 2. The summed E-state index contributed by atoms with van der Waals surface area (Å²) in [5, 5.41) is 12.6. The number of benzene rings is 1. The molecule has 1 amide bonds. The third-order valence-electron chi connectivity index (χ3n) is 4.97. The van der Waals surface area contributed by atoms with Crippen molar-refractivity contribution in [2.75, 3.05) is 11.6 Å². The lowest BCUT2D eigenvalue weighted by Crippen LogP contribution is -2.41. The molecule has 2 rings (SSSR count). The van der Waals surface area contributed by atoms with E-state index in [4.69, 9.17) is 4.74 Å². The molecule has 0 fully saturated rings. The fraction of sp³-hybridized carbons (Fsp3) is 0.591. The van der Waals surface area contributed by atoms with Crippen LogP contribution in [0.1, 0.15) is 58.6 Å². The minimum absolute atomic E-state index is 0.0206. The molecule has 0 radical (unpaired) electrons. The quantitative estimate of drug-likeness (QED) is 0.123. The van der Waals surface area contributed by atoms with Gasteiger partial charge in [0, 0.05) is 6.04 Å². The summed E-state index contributed by atoms with van der Waals surface area (Å²) in [6, 6.07) is 6.76. The lowest BCUT2D eigenvalue weighted by Gasteiger charge is -2.32. The van der Waals surface area contributed by atoms with Gasteiger partial charge in [-0.2, -0.15) is 0 Å². The molecule has 1 heterocycles. The van der Waals surface area contributed by atoms with Crippen molar-refractivity contribution < 1.29 is 27.9 Å². The molecule has 0 spiro atoms. The molecule has 0 aromatic heterocycles. The predicted octanol–water partition coefficient (Wildman–Crippen LogP) is 4.79. The van der Waals surface area contributed by atoms with Crippen LogP contribution in [0.2, 0.25) is 0 Å². The second kappa shape index (κ2) is 15.9. The summed E-state index contributed by atoms with van der Waals surface area (Å²) in [5.41, 5.74) is 2.13. The zero-order valence-electron chi connectivity index (χ0n) is 20.7. The van der Waals surface area contributed by atoms with Crippen LogP contribution < -0.4 is 10.0 Å². The van der Waals surface area contributed by atoms with Gasteiger partial charge in [-0.1, -0.05) is 52.0 Å². The molecule has 35 heavy (non-hydrogen) atoms. The Bertz CT molecular complexity index is 971. The normalized spacial score (nSPS) is 18.8. The van der Waals surface area contributed by atoms with Crippen molar-refractivity contribution >= 4 is 39.6 Å². The number of rotatable bonds is 12. The van der Waals surface area contributed by atoms with Gasteiger partial charge in [0.1, 0.15) is 17.5 Å². The zero-order valence-corrected chi connectivity index (χ0v) is 23.2. The average molecular weight is 550 g/mol. The van der Waals surface area contributed by atoms with E-state index >= 15 is 0 Å². The van der Waals surface area contributed by atoms with Gasteiger partial charge >= 0.3 is 6.09 Å². The minimum atomic E-state index is -3.38. The summed E-state index contributed by atoms with van der Waals surface area (Å²) in [6.45, 7) is 10.2. The van der Waals surface area contributed by atoms with E-state index in [0.29, 0.717) is 33.3 Å². The summed E-state index contributed by atoms with van der Waals surface area (Å²) in [4.78, 5) is 26.6. The number of amides is 1. The number of carbonyl (C=O) groups is 1. The van der Waals surface area contributed by atoms with Crippen LogP contribution in [0, 0.1) is 10.1 Å². The second-order valence-corrected chi connectivity index (χ2v) is 12.0. The first-order chi connectivity index (χ1) is 16.7. The van der Waals surface area contributed by atoms with Crippen LogP contribution in [0.25, 0.3) is 0 Å². The maximum atomic E-state index is 12.9. The highest BCUT2D eigenvalue weighted by Gasteiger charge is 2.37. The Labute approximate surface area is 216 Å². The molecule has 2 atom stereocenters. The van der Waals surface area contributed by atoms with Crippen molar-refractivity contribution in [1.82, 2.24) is 10.0 Å². The highest BCUT2D eigenvalue weighted by molar-refractivity contribution is 8.25. The van der Waals surface area contributed by atoms with Gasteiger partial charge in [-0.15, -0.1) is 21.9 Å². The molecule has 1 aromatic rings. The lowest BCUT2D eigenvalue weighted by molar-refractivity contribution is -0.763. The molecule has 2 N–H and O–H groups in total. The number of thioether (sulfide) groups is 1. The van der Waals surface area contributed by atoms with Crippen molar-refractivity contribution in [3.63, 3.8) is 0 Å². The zero-order chi connectivity index (χ0) is 26.4. The predicted molar refractivity (Wildman–Crippen MR) is 141 cm³/mol. The van der Waals surface area contributed by atoms with Gasteiger partial charge < -0.3 is 14.9 Å². The van der Waals surface area contributed by atoms with Gasteiger partial charge in [-0.3, -0.25) is 4.72 Å². The Morgan fingerprint density at radius 2 is 1.89 bits per heavy atom. The van der Waals surface area contributed by atoms with Gasteiger partial charge in [-0.25, -0.2) is 13.2 Å². The number of ether oxygens (including phenoxy) is 1. The third-order valence-corrected chi connectivity index (χ3v) is 9.83. The van der Waals surface area contributed by atoms with Crippen molar-refractivity contribution in [3.05, 3.63) is 55.3 Å². The van der Waals surface area contributed by atoms with Crippen LogP contribution >= 0.6 is 23.7 Å². The Kier molecular flexibility index (Phi) is 14.1. The van der Waals surface area contributed by atoms with E-state index in [1.807, 2.05) is 27.7 Å². The van der Waals surface area contributed by atoms with Crippen LogP contribution in [-0.4, -0.2) is 42.5 Å². The number of hydrogen-bond acceptors (Lipinski definition) is 10. The second-order valence-electron chi connectivity index (χ2n) is 7.27. The molecular weight excluding hydrogens is 514 g/mol. The summed E-state index contributed by atoms with van der Waals surface area (Å²) in [5.74, 6) is 0. The SMILES string of the molecule is CC.CCNC1CC(C)S(=O)(=O)C(SCSNC(=O)OCc2cccc(CO[N+](=O)[O-])c2)=C1CC. The maximum Gasteiger partial charge on any atom is 0.417 e. The summed E-state index contributed by atoms with van der Waals surface area (Å²) < 4.78 is 33.8. The highest BCUT2D eigenvalue weighted by atomic mass is 32.3. The van der Waals surface area contributed by atoms with E-state index in [0.717, 1.165) is 24.1 Å². The van der Waals surface area contributed by atoms with Crippen molar-refractivity contribution in [2.45, 2.75) is 72.0 Å². The van der Waals surface area contributed by atoms with Crippen LogP contribution in [0.3, 0.4) is 0 Å². The van der Waals surface area contributed by atoms with E-state index < -0.39 is 26.3 Å². The fourth-order valence-corrected chi connectivity index (χ4v) is 8.01. The molecule has 1 aromatic carbocycles. The fourth-order valence-electron chi connectivity index (χ4n) is 3.41. The van der Waals surface area contributed by atoms with Crippen LogP contribution in [-0.2, 0) is 32.6 Å². The molecule has 0 saturated carbocycles. The average Bonchev–Trinajstić information content (AvgIpc) is 2.84. The minimum Gasteiger partial charge on any atom is -0.444 e. The van der Waals surface area contributed by atoms with Gasteiger partial charge in [0.05, 0.1) is 10.3 Å². The van der Waals surface area contributed by atoms with Gasteiger partial charge in [0.25, 0.3) is 5.09 Å².